The predicted octanol–water partition coefficient (Wildman–Crippen LogP) is 2.30. The summed E-state index contributed by atoms with van der Waals surface area (Å²) >= 11 is 0. The van der Waals surface area contributed by atoms with E-state index >= 15 is 0 Å². The molecule has 1 fully saturated rings. The fraction of sp³-hybridized carbons (Fsp3) is 0.462. The highest BCUT2D eigenvalue weighted by molar-refractivity contribution is 5.81. The molecule has 0 radical (unpaired) electrons. The first-order chi connectivity index (χ1) is 7.70. The summed E-state index contributed by atoms with van der Waals surface area (Å²) in [6, 6.07) is 7.49. The molecule has 3 heteroatoms. The molecule has 1 aliphatic carbocycles. The molecule has 0 heterocycles. The quantitative estimate of drug-likeness (QED) is 0.763. The van der Waals surface area contributed by atoms with Crippen LogP contribution in [0.1, 0.15) is 13.3 Å². The third kappa shape index (κ3) is 2.54. The van der Waals surface area contributed by atoms with Crippen LogP contribution in [0.15, 0.2) is 24.3 Å². The van der Waals surface area contributed by atoms with Crippen LogP contribution in [0, 0.1) is 11.8 Å². The second-order valence-corrected chi connectivity index (χ2v) is 4.20. The first-order valence-corrected chi connectivity index (χ1v) is 5.48. The Labute approximate surface area is 95.4 Å². The molecule has 0 aromatic heterocycles. The molecule has 0 bridgehead atoms. The van der Waals surface area contributed by atoms with Crippen molar-refractivity contribution >= 4 is 5.78 Å². The molecule has 2 unspecified atom stereocenters. The fourth-order valence-electron chi connectivity index (χ4n) is 1.80. The van der Waals surface area contributed by atoms with Crippen LogP contribution in [0.5, 0.6) is 11.5 Å². The minimum absolute atomic E-state index is 0.234. The molecule has 0 saturated heterocycles. The van der Waals surface area contributed by atoms with Gasteiger partial charge in [0.1, 0.15) is 17.3 Å². The number of ether oxygens (including phenoxy) is 2. The highest BCUT2D eigenvalue weighted by atomic mass is 16.5. The van der Waals surface area contributed by atoms with E-state index in [0.29, 0.717) is 12.5 Å². The van der Waals surface area contributed by atoms with E-state index in [0.717, 1.165) is 17.9 Å². The van der Waals surface area contributed by atoms with Crippen LogP contribution in [0.4, 0.5) is 0 Å². The molecular weight excluding hydrogens is 204 g/mol. The molecule has 2 atom stereocenters. The smallest absolute Gasteiger partial charge is 0.133 e. The van der Waals surface area contributed by atoms with Crippen molar-refractivity contribution in [1.29, 1.82) is 0 Å². The van der Waals surface area contributed by atoms with Crippen molar-refractivity contribution < 1.29 is 14.3 Å². The number of carbonyl (C=O) groups is 1. The topological polar surface area (TPSA) is 35.5 Å². The molecular formula is C13H16O3. The number of hydrogen-bond donors (Lipinski definition) is 0. The maximum atomic E-state index is 11.0. The van der Waals surface area contributed by atoms with Crippen molar-refractivity contribution in [3.63, 3.8) is 0 Å². The Balaban J connectivity index is 1.80. The van der Waals surface area contributed by atoms with Gasteiger partial charge in [-0.2, -0.15) is 0 Å². The van der Waals surface area contributed by atoms with Gasteiger partial charge in [0.05, 0.1) is 13.7 Å². The summed E-state index contributed by atoms with van der Waals surface area (Å²) in [6.45, 7) is 2.29. The SMILES string of the molecule is COc1ccc(OCC2CC2C(C)=O)cc1. The van der Waals surface area contributed by atoms with Crippen molar-refractivity contribution in [2.24, 2.45) is 11.8 Å². The molecule has 0 amide bonds. The molecule has 3 nitrogen and oxygen atoms in total. The van der Waals surface area contributed by atoms with Gasteiger partial charge in [0.15, 0.2) is 0 Å². The van der Waals surface area contributed by atoms with Crippen molar-refractivity contribution in [2.75, 3.05) is 13.7 Å². The van der Waals surface area contributed by atoms with Crippen LogP contribution >= 0.6 is 0 Å². The summed E-state index contributed by atoms with van der Waals surface area (Å²) < 4.78 is 10.7. The number of Topliss-reactive ketones (excluding diaryl/α,β-unsaturated/α-hetero) is 1. The number of rotatable bonds is 5. The van der Waals surface area contributed by atoms with E-state index in [1.807, 2.05) is 24.3 Å². The van der Waals surface area contributed by atoms with Crippen LogP contribution in [-0.4, -0.2) is 19.5 Å². The zero-order valence-electron chi connectivity index (χ0n) is 9.60. The molecule has 1 aromatic rings. The first-order valence-electron chi connectivity index (χ1n) is 5.48. The molecule has 1 aromatic carbocycles. The second-order valence-electron chi connectivity index (χ2n) is 4.20. The van der Waals surface area contributed by atoms with Gasteiger partial charge in [0, 0.05) is 11.8 Å². The zero-order chi connectivity index (χ0) is 11.5. The largest absolute Gasteiger partial charge is 0.497 e. The van der Waals surface area contributed by atoms with Gasteiger partial charge in [0.25, 0.3) is 0 Å². The van der Waals surface area contributed by atoms with Crippen molar-refractivity contribution in [3.8, 4) is 11.5 Å². The Morgan fingerprint density at radius 1 is 1.31 bits per heavy atom. The van der Waals surface area contributed by atoms with Crippen LogP contribution in [-0.2, 0) is 4.79 Å². The van der Waals surface area contributed by atoms with E-state index in [2.05, 4.69) is 0 Å². The Kier molecular flexibility index (Phi) is 3.13. The predicted molar refractivity (Wildman–Crippen MR) is 60.8 cm³/mol. The summed E-state index contributed by atoms with van der Waals surface area (Å²) in [5, 5.41) is 0. The van der Waals surface area contributed by atoms with E-state index < -0.39 is 0 Å². The standard InChI is InChI=1S/C13H16O3/c1-9(14)13-7-10(13)8-16-12-5-3-11(15-2)4-6-12/h3-6,10,13H,7-8H2,1-2H3. The fourth-order valence-corrected chi connectivity index (χ4v) is 1.80. The lowest BCUT2D eigenvalue weighted by atomic mass is 10.2. The Bertz CT molecular complexity index is 369. The third-order valence-corrected chi connectivity index (χ3v) is 2.97. The average Bonchev–Trinajstić information content (AvgIpc) is 3.06. The highest BCUT2D eigenvalue weighted by Crippen LogP contribution is 2.39. The van der Waals surface area contributed by atoms with Gasteiger partial charge in [-0.1, -0.05) is 0 Å². The molecule has 0 aliphatic heterocycles. The summed E-state index contributed by atoms with van der Waals surface area (Å²) in [4.78, 5) is 11.0. The van der Waals surface area contributed by atoms with Gasteiger partial charge in [-0.3, -0.25) is 4.79 Å². The minimum atomic E-state index is 0.234. The number of ketones is 1. The van der Waals surface area contributed by atoms with E-state index in [1.165, 1.54) is 0 Å². The van der Waals surface area contributed by atoms with Crippen LogP contribution in [0.2, 0.25) is 0 Å². The van der Waals surface area contributed by atoms with Gasteiger partial charge in [-0.05, 0) is 37.6 Å². The van der Waals surface area contributed by atoms with Gasteiger partial charge in [0.2, 0.25) is 0 Å². The third-order valence-electron chi connectivity index (χ3n) is 2.97. The van der Waals surface area contributed by atoms with Gasteiger partial charge >= 0.3 is 0 Å². The molecule has 16 heavy (non-hydrogen) atoms. The maximum absolute atomic E-state index is 11.0. The summed E-state index contributed by atoms with van der Waals surface area (Å²) in [6.07, 6.45) is 0.978. The van der Waals surface area contributed by atoms with E-state index in [1.54, 1.807) is 14.0 Å². The minimum Gasteiger partial charge on any atom is -0.497 e. The number of carbonyl (C=O) groups excluding carboxylic acids is 1. The molecule has 0 spiro atoms. The molecule has 0 N–H and O–H groups in total. The van der Waals surface area contributed by atoms with Crippen molar-refractivity contribution in [3.05, 3.63) is 24.3 Å². The van der Waals surface area contributed by atoms with Crippen LogP contribution in [0.25, 0.3) is 0 Å². The van der Waals surface area contributed by atoms with Crippen LogP contribution in [0.3, 0.4) is 0 Å². The molecule has 1 saturated carbocycles. The van der Waals surface area contributed by atoms with Gasteiger partial charge in [-0.25, -0.2) is 0 Å². The van der Waals surface area contributed by atoms with Gasteiger partial charge in [-0.15, -0.1) is 0 Å². The Morgan fingerprint density at radius 3 is 2.44 bits per heavy atom. The van der Waals surface area contributed by atoms with E-state index in [4.69, 9.17) is 9.47 Å². The van der Waals surface area contributed by atoms with Crippen molar-refractivity contribution in [2.45, 2.75) is 13.3 Å². The monoisotopic (exact) mass is 220 g/mol. The Hall–Kier alpha value is -1.51. The highest BCUT2D eigenvalue weighted by Gasteiger charge is 2.41. The lowest BCUT2D eigenvalue weighted by Gasteiger charge is -2.06. The average molecular weight is 220 g/mol. The van der Waals surface area contributed by atoms with Gasteiger partial charge < -0.3 is 9.47 Å². The lowest BCUT2D eigenvalue weighted by molar-refractivity contribution is -0.118. The molecule has 86 valence electrons. The number of benzene rings is 1. The van der Waals surface area contributed by atoms with E-state index in [-0.39, 0.29) is 11.7 Å². The van der Waals surface area contributed by atoms with Crippen LogP contribution < -0.4 is 9.47 Å². The normalized spacial score (nSPS) is 22.6. The number of methoxy groups -OCH3 is 1. The summed E-state index contributed by atoms with van der Waals surface area (Å²) in [5.41, 5.74) is 0. The Morgan fingerprint density at radius 2 is 1.94 bits per heavy atom. The lowest BCUT2D eigenvalue weighted by Crippen LogP contribution is -2.04. The van der Waals surface area contributed by atoms with E-state index in [9.17, 15) is 4.79 Å². The second kappa shape index (κ2) is 4.56. The molecule has 1 aliphatic rings. The molecule has 2 rings (SSSR count). The zero-order valence-corrected chi connectivity index (χ0v) is 9.60. The maximum Gasteiger partial charge on any atom is 0.133 e. The summed E-state index contributed by atoms with van der Waals surface area (Å²) in [7, 11) is 1.64. The summed E-state index contributed by atoms with van der Waals surface area (Å²) in [5.74, 6) is 2.58. The number of hydrogen-bond acceptors (Lipinski definition) is 3. The first kappa shape index (κ1) is 11.0. The van der Waals surface area contributed by atoms with Crippen molar-refractivity contribution in [1.82, 2.24) is 0 Å².